The number of nitrogens with two attached hydrogens (primary N) is 3. The van der Waals surface area contributed by atoms with Gasteiger partial charge in [-0.2, -0.15) is 0 Å². The summed E-state index contributed by atoms with van der Waals surface area (Å²) in [7, 11) is -0.679. The van der Waals surface area contributed by atoms with Gasteiger partial charge >= 0.3 is 200 Å². The van der Waals surface area contributed by atoms with E-state index in [2.05, 4.69) is 87.8 Å². The fourth-order valence-electron chi connectivity index (χ4n) is 11.0. The van der Waals surface area contributed by atoms with Gasteiger partial charge in [0.25, 0.3) is 0 Å². The second kappa shape index (κ2) is 42.7. The molecule has 101 heavy (non-hydrogen) atoms. The minimum absolute atomic E-state index is 0.00134. The molecular weight excluding hydrogens is 1370 g/mol. The fourth-order valence-corrected chi connectivity index (χ4v) is 13.6. The van der Waals surface area contributed by atoms with Crippen molar-refractivity contribution in [1.82, 2.24) is 68.5 Å². The van der Waals surface area contributed by atoms with E-state index in [-0.39, 0.29) is 94.9 Å². The Morgan fingerprint density at radius 1 is 0.673 bits per heavy atom. The third kappa shape index (κ3) is 28.1. The van der Waals surface area contributed by atoms with E-state index in [1.165, 1.54) is 12.5 Å². The number of carbonyl (C=O) groups is 14. The second-order valence-corrected chi connectivity index (χ2v) is 29.2. The maximum atomic E-state index is 14.9. The number of hydrogen-bond donors (Lipinski definition) is 17. The number of amides is 12. The minimum atomic E-state index is -1.94. The van der Waals surface area contributed by atoms with Gasteiger partial charge in [0.1, 0.15) is 42.3 Å². The molecular formula is C66H103FeN17O16S. The normalized spacial score (nSPS) is 23.8. The summed E-state index contributed by atoms with van der Waals surface area (Å²) in [6, 6.07) is -8.46. The van der Waals surface area contributed by atoms with Gasteiger partial charge in [0.05, 0.1) is 19.2 Å². The summed E-state index contributed by atoms with van der Waals surface area (Å²) in [6.45, 7) is 14.1. The molecule has 1 aromatic carbocycles. The van der Waals surface area contributed by atoms with Crippen LogP contribution in [0.25, 0.3) is 0 Å². The number of H-pyrrole nitrogens is 1. The Labute approximate surface area is 597 Å². The molecule has 3 heterocycles. The van der Waals surface area contributed by atoms with Gasteiger partial charge in [-0.15, -0.1) is 0 Å². The number of carbonyl (C=O) groups excluding carboxylic acids is 12. The molecule has 16 atom stereocenters. The van der Waals surface area contributed by atoms with Crippen LogP contribution in [0, 0.1) is 23.7 Å². The Morgan fingerprint density at radius 3 is 1.85 bits per heavy atom. The van der Waals surface area contributed by atoms with E-state index < -0.39 is 202 Å². The van der Waals surface area contributed by atoms with E-state index >= 15 is 0 Å². The summed E-state index contributed by atoms with van der Waals surface area (Å²) in [5, 5.41) is 49.1. The van der Waals surface area contributed by atoms with Crippen molar-refractivity contribution in [3.8, 4) is 0 Å². The second-order valence-electron chi connectivity index (χ2n) is 26.1. The Morgan fingerprint density at radius 2 is 1.27 bits per heavy atom. The van der Waals surface area contributed by atoms with Crippen LogP contribution in [0.5, 0.6) is 0 Å². The van der Waals surface area contributed by atoms with Gasteiger partial charge in [0.2, 0.25) is 53.2 Å². The van der Waals surface area contributed by atoms with Crippen LogP contribution >= 0.6 is 8.82 Å². The molecule has 0 radical (unpaired) electrons. The van der Waals surface area contributed by atoms with Gasteiger partial charge in [-0.3, -0.25) is 52.7 Å². The number of aliphatic imine (C=N–C) groups is 1. The topological polar surface area (TPSA) is 531 Å². The zero-order chi connectivity index (χ0) is 75.2. The SMILES string of the molecule is CC[C@H](C)[C@H](N)C1=N[C@H](C(=O)N[C@@H](CC(C)C)C(=O)N[C@H](CCC(=O)O)C(=O)N[C@H](C(=O)N[C@H]2CCCCNC(=O)[C@H](CC(N)=O)NC(=O)[C@@H](CC(=O)O)NC(=O)[C@H](Cc3cnc[nH]3)NC(=O)[C@@H](Cc3ccccc3)NC(=O)[C@@H]([C@@H](C)CC)NC(=O)[C@@H](CCCN)NC2=O)[C@@H](C)CC)C[S]1=[Fe]. The number of hydrogen-bond acceptors (Lipinski definition) is 18. The number of nitrogens with zero attached hydrogens (tertiary/aromatic N) is 2. The third-order valence-electron chi connectivity index (χ3n) is 17.6. The molecule has 35 heteroatoms. The summed E-state index contributed by atoms with van der Waals surface area (Å²) < 4.78 is 0. The van der Waals surface area contributed by atoms with Crippen molar-refractivity contribution in [3.63, 3.8) is 0 Å². The van der Waals surface area contributed by atoms with Crippen LogP contribution in [-0.4, -0.2) is 199 Å². The predicted octanol–water partition coefficient (Wildman–Crippen LogP) is -1.68. The molecule has 0 bridgehead atoms. The number of imidazole rings is 1. The molecule has 1 saturated heterocycles. The van der Waals surface area contributed by atoms with Crippen LogP contribution in [0.4, 0.5) is 0 Å². The van der Waals surface area contributed by atoms with Crippen molar-refractivity contribution in [2.75, 3.05) is 18.8 Å². The average Bonchev–Trinajstić information content (AvgIpc) is 1.82. The molecule has 0 aliphatic carbocycles. The molecule has 4 rings (SSSR count). The summed E-state index contributed by atoms with van der Waals surface area (Å²) in [5.41, 5.74) is 18.8. The van der Waals surface area contributed by atoms with Crippen LogP contribution in [0.15, 0.2) is 47.8 Å². The van der Waals surface area contributed by atoms with Crippen LogP contribution in [0.1, 0.15) is 150 Å². The molecule has 0 spiro atoms. The first-order valence-electron chi connectivity index (χ1n) is 34.2. The molecule has 1 fully saturated rings. The predicted molar refractivity (Wildman–Crippen MR) is 369 cm³/mol. The van der Waals surface area contributed by atoms with E-state index in [1.54, 1.807) is 71.9 Å². The summed E-state index contributed by atoms with van der Waals surface area (Å²) in [6.07, 6.45) is 0.306. The average molecular weight is 1480 g/mol. The zero-order valence-corrected chi connectivity index (χ0v) is 60.4. The van der Waals surface area contributed by atoms with Crippen LogP contribution in [0.3, 0.4) is 0 Å². The number of aliphatic carboxylic acids is 2. The Kier molecular flexibility index (Phi) is 35.9. The number of rotatable bonds is 31. The molecule has 1 unspecified atom stereocenters. The summed E-state index contributed by atoms with van der Waals surface area (Å²) >= 11 is 4.18. The summed E-state index contributed by atoms with van der Waals surface area (Å²) in [4.78, 5) is 207. The van der Waals surface area contributed by atoms with Gasteiger partial charge in [-0.25, -0.2) is 4.98 Å². The number of primary amides is 1. The van der Waals surface area contributed by atoms with Crippen LogP contribution < -0.4 is 75.7 Å². The van der Waals surface area contributed by atoms with E-state index in [1.807, 2.05) is 13.8 Å². The monoisotopic (exact) mass is 1480 g/mol. The first-order valence-corrected chi connectivity index (χ1v) is 36.9. The van der Waals surface area contributed by atoms with Crippen LogP contribution in [0.2, 0.25) is 0 Å². The van der Waals surface area contributed by atoms with Gasteiger partial charge < -0.3 is 69.2 Å². The molecule has 0 saturated carbocycles. The van der Waals surface area contributed by atoms with Gasteiger partial charge in [-0.1, -0.05) is 70.9 Å². The number of benzene rings is 1. The molecule has 562 valence electrons. The Balaban J connectivity index is 1.77. The van der Waals surface area contributed by atoms with E-state index in [9.17, 15) is 77.3 Å². The number of aromatic amines is 1. The summed E-state index contributed by atoms with van der Waals surface area (Å²) in [5.74, 6) is -15.5. The zero-order valence-electron chi connectivity index (χ0n) is 58.5. The molecule has 33 nitrogen and oxygen atoms in total. The van der Waals surface area contributed by atoms with E-state index in [4.69, 9.17) is 17.2 Å². The Bertz CT molecular complexity index is 3260. The number of carboxylic acids is 2. The van der Waals surface area contributed by atoms with Crippen molar-refractivity contribution < 1.29 is 91.7 Å². The standard InChI is InChI=1S/C66H103N17O16S.Fe/c1-9-35(6)52(69)66-81-48(32-100-66)63(97)76-43(26-34(4)5)59(93)74-42(22-23-50(85)86)58(92)83-53(36(7)10-2)64(98)75-40-20-15-16-25-71-55(89)46(29-49(68)84)78-62(96)47(30-51(87)88)79-61(95)45(28-39-31-70-33-72-39)77-60(94)44(27-38-18-13-12-14-19-38)80-65(99)54(37(8)11-3)82-57(91)41(21-17-24-67)73-56(40)90;/h12-14,18-19,31,33-37,40-48,52-54H,9-11,15-17,20-30,32,67,69H2,1-8H3,(H2,68,84)(H,70,72)(H,71,89)(H,73,90)(H,74,93)(H,75,98)(H,76,97)(H,77,94)(H,78,96)(H,79,95)(H,80,99)(H,82,91)(H,83,92)(H,85,86)(H,87,88);/t35-,36-,37-,40-,41+,42+,43-,44+,45-,46-,47+,48-,52-,53-,54+;/m0./s1. The molecule has 2 aliphatic heterocycles. The third-order valence-corrected chi connectivity index (χ3v) is 20.3. The maximum absolute atomic E-state index is 14.9. The number of carboxylic acid groups (broad SMARTS) is 2. The molecule has 12 amide bonds. The van der Waals surface area contributed by atoms with E-state index in [0.29, 0.717) is 16.3 Å². The molecule has 2 aliphatic rings. The van der Waals surface area contributed by atoms with Gasteiger partial charge in [0, 0.05) is 31.3 Å². The Hall–Kier alpha value is -8.53. The molecule has 1 aromatic heterocycles. The van der Waals surface area contributed by atoms with Crippen LogP contribution in [-0.2, 0) is 94.3 Å². The van der Waals surface area contributed by atoms with Crippen molar-refractivity contribution >= 4 is 96.7 Å². The van der Waals surface area contributed by atoms with Gasteiger partial charge in [-0.05, 0) is 56.0 Å². The van der Waals surface area contributed by atoms with Crippen molar-refractivity contribution in [1.29, 1.82) is 0 Å². The number of nitrogens with one attached hydrogen (secondary N) is 12. The van der Waals surface area contributed by atoms with Crippen molar-refractivity contribution in [3.05, 3.63) is 54.1 Å². The first-order chi connectivity index (χ1) is 47.8. The molecule has 20 N–H and O–H groups in total. The quantitative estimate of drug-likeness (QED) is 0.0375. The fraction of sp³-hybridized carbons (Fsp3) is 0.636. The first kappa shape index (κ1) is 84.9. The number of aromatic nitrogens is 2. The van der Waals surface area contributed by atoms with Gasteiger partial charge in [0.15, 0.2) is 0 Å². The van der Waals surface area contributed by atoms with Crippen molar-refractivity contribution in [2.24, 2.45) is 45.9 Å². The van der Waals surface area contributed by atoms with E-state index in [0.717, 1.165) is 6.42 Å². The van der Waals surface area contributed by atoms with Crippen molar-refractivity contribution in [2.45, 2.75) is 224 Å². The molecule has 2 aromatic rings.